The van der Waals surface area contributed by atoms with Crippen LogP contribution in [0.4, 0.5) is 17.6 Å². The van der Waals surface area contributed by atoms with Gasteiger partial charge in [-0.05, 0) is 0 Å². The van der Waals surface area contributed by atoms with Gasteiger partial charge >= 0.3 is 289 Å². The fraction of sp³-hybridized carbons (Fsp3) is 0.389. The number of hydrogen-bond acceptors (Lipinski definition) is 2. The van der Waals surface area contributed by atoms with Crippen LogP contribution in [0.1, 0.15) is 38.8 Å². The molecule has 0 fully saturated rings. The molecule has 0 saturated heterocycles. The van der Waals surface area contributed by atoms with Crippen molar-refractivity contribution in [1.29, 1.82) is 0 Å². The van der Waals surface area contributed by atoms with E-state index in [1.807, 2.05) is 0 Å². The molecular weight excluding hydrogens is 687 g/mol. The number of allylic oxidation sites excluding steroid dienone is 8. The zero-order valence-electron chi connectivity index (χ0n) is 26.9. The molecule has 2 aliphatic rings. The maximum atomic E-state index is 16.9. The van der Waals surface area contributed by atoms with Crippen molar-refractivity contribution in [2.45, 2.75) is 49.0 Å². The molecule has 0 radical (unpaired) electrons. The fourth-order valence-corrected chi connectivity index (χ4v) is 15.2. The molecule has 47 heavy (non-hydrogen) atoms. The van der Waals surface area contributed by atoms with Gasteiger partial charge in [0.1, 0.15) is 0 Å². The Labute approximate surface area is 287 Å². The molecule has 0 atom stereocenters. The van der Waals surface area contributed by atoms with Crippen LogP contribution < -0.4 is 18.4 Å². The second-order valence-corrected chi connectivity index (χ2v) is 20.2. The van der Waals surface area contributed by atoms with Crippen LogP contribution in [-0.4, -0.2) is 36.7 Å². The van der Waals surface area contributed by atoms with Crippen molar-refractivity contribution in [2.24, 2.45) is 10.8 Å². The first-order valence-corrected chi connectivity index (χ1v) is 20.0. The molecule has 0 aromatic heterocycles. The van der Waals surface area contributed by atoms with Gasteiger partial charge in [-0.1, -0.05) is 0 Å². The third-order valence-corrected chi connectivity index (χ3v) is 18.8. The zero-order valence-corrected chi connectivity index (χ0v) is 30.0. The SMILES string of the molecule is CC(C)(CCl)C(=O)NCCc1ccc(F)[c]([Ti]([c]2c(F)ccc(CCNC(=O)C(C)(C)CCl)c2F)([CH]2C=CC=C2)[CH]2C=CC=C2)c1F. The molecule has 2 N–H and O–H groups in total. The fourth-order valence-electron chi connectivity index (χ4n) is 6.04. The molecule has 11 heteroatoms. The van der Waals surface area contributed by atoms with E-state index < -0.39 is 59.1 Å². The Bertz CT molecular complexity index is 1490. The molecular formula is C36H40Cl2F4N2O2Ti. The first-order chi connectivity index (χ1) is 22.2. The van der Waals surface area contributed by atoms with E-state index in [1.165, 1.54) is 12.1 Å². The minimum absolute atomic E-state index is 0.0254. The molecule has 4 rings (SSSR count). The first kappa shape index (κ1) is 37.2. The average Bonchev–Trinajstić information content (AvgIpc) is 3.78. The number of carbonyl (C=O) groups excluding carboxylic acids is 2. The van der Waals surface area contributed by atoms with Gasteiger partial charge in [0, 0.05) is 0 Å². The number of hydrogen-bond donors (Lipinski definition) is 2. The Balaban J connectivity index is 1.85. The van der Waals surface area contributed by atoms with Crippen molar-refractivity contribution < 1.29 is 43.7 Å². The third kappa shape index (κ3) is 7.51. The van der Waals surface area contributed by atoms with Gasteiger partial charge in [0.05, 0.1) is 0 Å². The van der Waals surface area contributed by atoms with Crippen molar-refractivity contribution in [3.63, 3.8) is 0 Å². The number of nitrogens with one attached hydrogen (secondary N) is 2. The van der Waals surface area contributed by atoms with E-state index in [9.17, 15) is 9.59 Å². The van der Waals surface area contributed by atoms with Gasteiger partial charge in [-0.2, -0.15) is 0 Å². The number of halogens is 6. The normalized spacial score (nSPS) is 15.2. The first-order valence-electron chi connectivity index (χ1n) is 15.6. The monoisotopic (exact) mass is 726 g/mol. The molecule has 0 saturated carbocycles. The van der Waals surface area contributed by atoms with Gasteiger partial charge in [-0.15, -0.1) is 0 Å². The third-order valence-electron chi connectivity index (χ3n) is 8.97. The Morgan fingerprint density at radius 2 is 1.00 bits per heavy atom. The number of alkyl halides is 2. The second kappa shape index (κ2) is 15.3. The molecule has 2 amide bonds. The Hall–Kier alpha value is -2.65. The minimum atomic E-state index is -4.96. The summed E-state index contributed by atoms with van der Waals surface area (Å²) in [6, 6.07) is 4.93. The van der Waals surface area contributed by atoms with Gasteiger partial charge in [0.2, 0.25) is 0 Å². The molecule has 0 heterocycles. The predicted molar refractivity (Wildman–Crippen MR) is 178 cm³/mol. The van der Waals surface area contributed by atoms with Crippen LogP contribution in [0, 0.1) is 34.1 Å². The molecule has 2 aromatic carbocycles. The summed E-state index contributed by atoms with van der Waals surface area (Å²) in [6.07, 6.45) is 14.0. The summed E-state index contributed by atoms with van der Waals surface area (Å²) in [5.41, 5.74) is -1.44. The van der Waals surface area contributed by atoms with Crippen molar-refractivity contribution in [3.05, 3.63) is 107 Å². The Morgan fingerprint density at radius 3 is 1.32 bits per heavy atom. The summed E-state index contributed by atoms with van der Waals surface area (Å²) in [6.45, 7) is 6.85. The topological polar surface area (TPSA) is 58.2 Å². The Kier molecular flexibility index (Phi) is 12.1. The van der Waals surface area contributed by atoms with E-state index in [-0.39, 0.29) is 68.4 Å². The van der Waals surface area contributed by atoms with E-state index in [0.717, 1.165) is 12.1 Å². The molecule has 0 aliphatic heterocycles. The van der Waals surface area contributed by atoms with Gasteiger partial charge in [0.25, 0.3) is 0 Å². The van der Waals surface area contributed by atoms with Crippen molar-refractivity contribution in [2.75, 3.05) is 24.8 Å². The quantitative estimate of drug-likeness (QED) is 0.125. The molecule has 0 unspecified atom stereocenters. The standard InChI is InChI=1S/2C13H15ClF2NO.2C5H5.Ti/c2*1-13(2,8-14)12(18)17-6-5-9-3-4-10(15)7-11(9)16;2*1-2-4-5-3-1;/h2*3-4H,5-6,8H2,1-2H3,(H,17,18);2*1-5H;. The van der Waals surface area contributed by atoms with Crippen LogP contribution in [0.5, 0.6) is 0 Å². The molecule has 0 spiro atoms. The van der Waals surface area contributed by atoms with Crippen LogP contribution >= 0.6 is 23.2 Å². The van der Waals surface area contributed by atoms with Crippen molar-refractivity contribution in [3.8, 4) is 0 Å². The number of benzene rings is 2. The van der Waals surface area contributed by atoms with E-state index >= 15 is 17.6 Å². The summed E-state index contributed by atoms with van der Waals surface area (Å²) in [7, 11) is 0. The molecule has 4 nitrogen and oxygen atoms in total. The van der Waals surface area contributed by atoms with Gasteiger partial charge in [-0.3, -0.25) is 0 Å². The van der Waals surface area contributed by atoms with Gasteiger partial charge in [-0.25, -0.2) is 0 Å². The second-order valence-electron chi connectivity index (χ2n) is 13.3. The number of amides is 2. The molecule has 252 valence electrons. The van der Waals surface area contributed by atoms with Crippen molar-refractivity contribution >= 4 is 42.8 Å². The summed E-state index contributed by atoms with van der Waals surface area (Å²) < 4.78 is 64.5. The Morgan fingerprint density at radius 1 is 0.660 bits per heavy atom. The van der Waals surface area contributed by atoms with Crippen LogP contribution in [0.15, 0.2) is 72.9 Å². The van der Waals surface area contributed by atoms with E-state index in [1.54, 1.807) is 76.3 Å². The van der Waals surface area contributed by atoms with Gasteiger partial charge in [0.15, 0.2) is 0 Å². The van der Waals surface area contributed by atoms with E-state index in [4.69, 9.17) is 23.2 Å². The van der Waals surface area contributed by atoms with E-state index in [2.05, 4.69) is 10.6 Å². The van der Waals surface area contributed by atoms with Crippen LogP contribution in [0.25, 0.3) is 0 Å². The zero-order chi connectivity index (χ0) is 34.6. The molecule has 2 aliphatic carbocycles. The molecule has 0 bridgehead atoms. The summed E-state index contributed by atoms with van der Waals surface area (Å²) in [5, 5.41) is 5.52. The average molecular weight is 727 g/mol. The van der Waals surface area contributed by atoms with Gasteiger partial charge < -0.3 is 0 Å². The van der Waals surface area contributed by atoms with Crippen molar-refractivity contribution in [1.82, 2.24) is 10.6 Å². The number of rotatable bonds is 14. The predicted octanol–water partition coefficient (Wildman–Crippen LogP) is 7.02. The summed E-state index contributed by atoms with van der Waals surface area (Å²) >= 11 is 6.88. The van der Waals surface area contributed by atoms with Crippen LogP contribution in [0.3, 0.4) is 0 Å². The summed E-state index contributed by atoms with van der Waals surface area (Å²) in [4.78, 5) is 25.2. The molecule has 2 aromatic rings. The summed E-state index contributed by atoms with van der Waals surface area (Å²) in [5.74, 6) is -3.93. The maximum absolute atomic E-state index is 16.9. The van der Waals surface area contributed by atoms with E-state index in [0.29, 0.717) is 0 Å². The number of carbonyl (C=O) groups is 2. The van der Waals surface area contributed by atoms with Crippen LogP contribution in [0.2, 0.25) is 8.45 Å². The van der Waals surface area contributed by atoms with Crippen LogP contribution in [-0.2, 0) is 39.0 Å².